The number of hydrogen-bond acceptors (Lipinski definition) is 4. The van der Waals surface area contributed by atoms with E-state index in [-0.39, 0.29) is 24.0 Å². The van der Waals surface area contributed by atoms with Gasteiger partial charge in [0.15, 0.2) is 5.96 Å². The van der Waals surface area contributed by atoms with Gasteiger partial charge in [-0.3, -0.25) is 4.90 Å². The molecule has 0 spiro atoms. The maximum Gasteiger partial charge on any atom is 0.191 e. The molecule has 5 nitrogen and oxygen atoms in total. The van der Waals surface area contributed by atoms with Crippen molar-refractivity contribution in [2.75, 3.05) is 26.2 Å². The van der Waals surface area contributed by atoms with Crippen LogP contribution in [0.1, 0.15) is 57.2 Å². The predicted molar refractivity (Wildman–Crippen MR) is 115 cm³/mol. The first-order valence-electron chi connectivity index (χ1n) is 8.84. The van der Waals surface area contributed by atoms with E-state index in [2.05, 4.69) is 58.6 Å². The van der Waals surface area contributed by atoms with Gasteiger partial charge in [0.25, 0.3) is 0 Å². The van der Waals surface area contributed by atoms with Crippen molar-refractivity contribution in [1.29, 1.82) is 0 Å². The van der Waals surface area contributed by atoms with Crippen molar-refractivity contribution in [1.82, 2.24) is 20.5 Å². The zero-order valence-electron chi connectivity index (χ0n) is 15.3. The molecule has 1 aliphatic rings. The van der Waals surface area contributed by atoms with Crippen molar-refractivity contribution in [2.24, 2.45) is 4.99 Å². The van der Waals surface area contributed by atoms with Crippen LogP contribution in [-0.4, -0.2) is 48.1 Å². The summed E-state index contributed by atoms with van der Waals surface area (Å²) in [6.07, 6.45) is 2.73. The van der Waals surface area contributed by atoms with Crippen LogP contribution in [0.4, 0.5) is 0 Å². The molecule has 0 saturated heterocycles. The third-order valence-corrected chi connectivity index (χ3v) is 4.89. The summed E-state index contributed by atoms with van der Waals surface area (Å²) < 4.78 is 0. The van der Waals surface area contributed by atoms with E-state index in [0.717, 1.165) is 43.2 Å². The fourth-order valence-corrected chi connectivity index (χ4v) is 3.39. The largest absolute Gasteiger partial charge is 0.357 e. The predicted octanol–water partition coefficient (Wildman–Crippen LogP) is 3.42. The summed E-state index contributed by atoms with van der Waals surface area (Å²) in [7, 11) is 0. The Hall–Kier alpha value is -0.410. The molecular formula is C17H32IN5S. The van der Waals surface area contributed by atoms with Crippen LogP contribution in [0.25, 0.3) is 0 Å². The average molecular weight is 465 g/mol. The fraction of sp³-hybridized carbons (Fsp3) is 0.765. The van der Waals surface area contributed by atoms with E-state index in [1.54, 1.807) is 11.3 Å². The Morgan fingerprint density at radius 2 is 2.12 bits per heavy atom. The third-order valence-electron chi connectivity index (χ3n) is 4.04. The molecule has 1 fully saturated rings. The number of likely N-dealkylation sites (N-methyl/N-ethyl adjacent to an activating group) is 1. The minimum Gasteiger partial charge on any atom is -0.357 e. The van der Waals surface area contributed by atoms with E-state index in [1.165, 1.54) is 18.5 Å². The lowest BCUT2D eigenvalue weighted by Crippen LogP contribution is -2.42. The Morgan fingerprint density at radius 1 is 1.38 bits per heavy atom. The number of aromatic nitrogens is 1. The van der Waals surface area contributed by atoms with E-state index >= 15 is 0 Å². The molecule has 1 aromatic heterocycles. The smallest absolute Gasteiger partial charge is 0.191 e. The van der Waals surface area contributed by atoms with Gasteiger partial charge >= 0.3 is 0 Å². The Kier molecular flexibility index (Phi) is 10.1. The highest BCUT2D eigenvalue weighted by Gasteiger charge is 2.27. The first-order chi connectivity index (χ1) is 11.1. The lowest BCUT2D eigenvalue weighted by atomic mass is 10.2. The van der Waals surface area contributed by atoms with Crippen molar-refractivity contribution in [3.05, 3.63) is 16.1 Å². The second-order valence-corrected chi connectivity index (χ2v) is 7.25. The lowest BCUT2D eigenvalue weighted by molar-refractivity contribution is 0.282. The normalized spacial score (nSPS) is 14.8. The standard InChI is InChI=1S/C17H31N5S.HI/c1-5-18-17(19-9-10-22(6-2)14-7-8-14)20-11-16-21-15(12-23-16)13(3)4;/h12-14H,5-11H2,1-4H3,(H2,18,19,20);1H. The van der Waals surface area contributed by atoms with Gasteiger partial charge < -0.3 is 10.6 Å². The zero-order chi connectivity index (χ0) is 16.7. The van der Waals surface area contributed by atoms with Crippen LogP contribution in [0.15, 0.2) is 10.4 Å². The first kappa shape index (κ1) is 21.6. The molecule has 138 valence electrons. The number of guanidine groups is 1. The summed E-state index contributed by atoms with van der Waals surface area (Å²) in [6.45, 7) is 13.4. The maximum absolute atomic E-state index is 4.66. The lowest BCUT2D eigenvalue weighted by Gasteiger charge is -2.20. The Labute approximate surface area is 167 Å². The van der Waals surface area contributed by atoms with Gasteiger partial charge in [-0.2, -0.15) is 0 Å². The van der Waals surface area contributed by atoms with Gasteiger partial charge in [0, 0.05) is 31.1 Å². The number of aliphatic imine (C=N–C) groups is 1. The van der Waals surface area contributed by atoms with Gasteiger partial charge in [-0.25, -0.2) is 9.98 Å². The topological polar surface area (TPSA) is 52.6 Å². The van der Waals surface area contributed by atoms with E-state index in [0.29, 0.717) is 12.5 Å². The van der Waals surface area contributed by atoms with Crippen molar-refractivity contribution in [3.8, 4) is 0 Å². The summed E-state index contributed by atoms with van der Waals surface area (Å²) in [6, 6.07) is 0.825. The molecule has 7 heteroatoms. The number of thiazole rings is 1. The molecule has 1 aromatic rings. The van der Waals surface area contributed by atoms with Gasteiger partial charge in [0.05, 0.1) is 12.2 Å². The monoisotopic (exact) mass is 465 g/mol. The number of hydrogen-bond donors (Lipinski definition) is 2. The highest BCUT2D eigenvalue weighted by atomic mass is 127. The second-order valence-electron chi connectivity index (χ2n) is 6.30. The van der Waals surface area contributed by atoms with E-state index in [1.807, 2.05) is 0 Å². The second kappa shape index (κ2) is 11.3. The van der Waals surface area contributed by atoms with E-state index in [4.69, 9.17) is 0 Å². The molecule has 24 heavy (non-hydrogen) atoms. The molecule has 0 radical (unpaired) electrons. The first-order valence-corrected chi connectivity index (χ1v) is 9.72. The number of nitrogens with zero attached hydrogens (tertiary/aromatic N) is 3. The quantitative estimate of drug-likeness (QED) is 0.334. The summed E-state index contributed by atoms with van der Waals surface area (Å²) in [5, 5.41) is 9.98. The molecule has 1 heterocycles. The van der Waals surface area contributed by atoms with E-state index < -0.39 is 0 Å². The Morgan fingerprint density at radius 3 is 2.67 bits per heavy atom. The average Bonchev–Trinajstić information content (AvgIpc) is 3.25. The van der Waals surface area contributed by atoms with Gasteiger partial charge in [0.2, 0.25) is 0 Å². The molecule has 0 unspecified atom stereocenters. The van der Waals surface area contributed by atoms with Crippen molar-refractivity contribution < 1.29 is 0 Å². The van der Waals surface area contributed by atoms with Crippen LogP contribution < -0.4 is 10.6 Å². The summed E-state index contributed by atoms with van der Waals surface area (Å²) in [5.41, 5.74) is 1.17. The molecule has 0 amide bonds. The molecule has 2 rings (SSSR count). The van der Waals surface area contributed by atoms with Crippen molar-refractivity contribution >= 4 is 41.3 Å². The molecule has 0 atom stereocenters. The molecule has 2 N–H and O–H groups in total. The van der Waals surface area contributed by atoms with E-state index in [9.17, 15) is 0 Å². The van der Waals surface area contributed by atoms with Gasteiger partial charge in [0.1, 0.15) is 5.01 Å². The fourth-order valence-electron chi connectivity index (χ4n) is 2.51. The van der Waals surface area contributed by atoms with Crippen LogP contribution in [0.2, 0.25) is 0 Å². The molecule has 1 aliphatic carbocycles. The van der Waals surface area contributed by atoms with Crippen molar-refractivity contribution in [3.63, 3.8) is 0 Å². The zero-order valence-corrected chi connectivity index (χ0v) is 18.5. The molecule has 1 saturated carbocycles. The summed E-state index contributed by atoms with van der Waals surface area (Å²) in [5.74, 6) is 1.37. The van der Waals surface area contributed by atoms with Crippen LogP contribution in [-0.2, 0) is 6.54 Å². The Balaban J connectivity index is 0.00000288. The Bertz CT molecular complexity index is 499. The highest BCUT2D eigenvalue weighted by Crippen LogP contribution is 2.25. The van der Waals surface area contributed by atoms with Crippen LogP contribution in [0.3, 0.4) is 0 Å². The molecule has 0 bridgehead atoms. The minimum absolute atomic E-state index is 0. The van der Waals surface area contributed by atoms with Gasteiger partial charge in [-0.05, 0) is 32.2 Å². The van der Waals surface area contributed by atoms with Crippen LogP contribution >= 0.6 is 35.3 Å². The molecule has 0 aliphatic heterocycles. The molecule has 0 aromatic carbocycles. The SMILES string of the molecule is CCNC(=NCc1nc(C(C)C)cs1)NCCN(CC)C1CC1.I. The third kappa shape index (κ3) is 7.23. The van der Waals surface area contributed by atoms with Crippen LogP contribution in [0, 0.1) is 0 Å². The van der Waals surface area contributed by atoms with Crippen molar-refractivity contribution in [2.45, 2.75) is 59.0 Å². The maximum atomic E-state index is 4.66. The minimum atomic E-state index is 0. The van der Waals surface area contributed by atoms with Gasteiger partial charge in [-0.1, -0.05) is 20.8 Å². The number of rotatable bonds is 9. The van der Waals surface area contributed by atoms with Gasteiger partial charge in [-0.15, -0.1) is 35.3 Å². The summed E-state index contributed by atoms with van der Waals surface area (Å²) >= 11 is 1.70. The number of nitrogens with one attached hydrogen (secondary N) is 2. The molecular weight excluding hydrogens is 433 g/mol. The number of halogens is 1. The van der Waals surface area contributed by atoms with Crippen LogP contribution in [0.5, 0.6) is 0 Å². The summed E-state index contributed by atoms with van der Waals surface area (Å²) in [4.78, 5) is 11.9. The highest BCUT2D eigenvalue weighted by molar-refractivity contribution is 14.0.